The topological polar surface area (TPSA) is 65.8 Å². The Bertz CT molecular complexity index is 1400. The second-order valence-electron chi connectivity index (χ2n) is 9.78. The zero-order valence-electron chi connectivity index (χ0n) is 22.6. The lowest BCUT2D eigenvalue weighted by molar-refractivity contribution is -0.118. The van der Waals surface area contributed by atoms with Crippen molar-refractivity contribution >= 4 is 28.8 Å². The van der Waals surface area contributed by atoms with E-state index in [1.165, 1.54) is 0 Å². The van der Waals surface area contributed by atoms with Crippen LogP contribution < -0.4 is 14.4 Å². The third-order valence-electron chi connectivity index (χ3n) is 6.72. The number of hydrogen-bond donors (Lipinski definition) is 0. The maximum atomic E-state index is 13.7. The van der Waals surface area contributed by atoms with Gasteiger partial charge in [-0.3, -0.25) is 4.79 Å². The third-order valence-corrected chi connectivity index (χ3v) is 6.97. The number of carbonyl (C=O) groups is 1. The number of nitriles is 1. The normalized spacial score (nSPS) is 15.5. The Hall–Kier alpha value is -3.95. The van der Waals surface area contributed by atoms with Crippen LogP contribution in [-0.4, -0.2) is 38.1 Å². The highest BCUT2D eigenvalue weighted by Crippen LogP contribution is 2.44. The van der Waals surface area contributed by atoms with Crippen LogP contribution in [0.3, 0.4) is 0 Å². The molecule has 1 atom stereocenters. The summed E-state index contributed by atoms with van der Waals surface area (Å²) in [6, 6.07) is 20.9. The van der Waals surface area contributed by atoms with Crippen LogP contribution in [0.15, 0.2) is 66.4 Å². The summed E-state index contributed by atoms with van der Waals surface area (Å²) in [6.45, 7) is 5.85. The number of hydrogen-bond acceptors (Lipinski definition) is 5. The van der Waals surface area contributed by atoms with Gasteiger partial charge in [0.15, 0.2) is 11.5 Å². The average molecular weight is 530 g/mol. The van der Waals surface area contributed by atoms with E-state index in [0.717, 1.165) is 33.6 Å². The van der Waals surface area contributed by atoms with Crippen molar-refractivity contribution in [2.75, 3.05) is 26.1 Å². The van der Waals surface area contributed by atoms with E-state index < -0.39 is 6.04 Å². The molecule has 4 rings (SSSR count). The summed E-state index contributed by atoms with van der Waals surface area (Å²) in [6.07, 6.45) is 0.181. The van der Waals surface area contributed by atoms with Gasteiger partial charge in [0.25, 0.3) is 0 Å². The smallest absolute Gasteiger partial charge is 0.232 e. The number of carbonyl (C=O) groups excluding carboxylic acids is 1. The third kappa shape index (κ3) is 5.34. The Morgan fingerprint density at radius 2 is 1.74 bits per heavy atom. The second-order valence-corrected chi connectivity index (χ2v) is 10.2. The van der Waals surface area contributed by atoms with Gasteiger partial charge in [0.2, 0.25) is 5.91 Å². The number of benzene rings is 3. The van der Waals surface area contributed by atoms with Crippen molar-refractivity contribution in [1.29, 1.82) is 5.26 Å². The standard InChI is InChI=1S/C31H32ClN3O3/c1-19(2)38-29-17-26-23(15-28(29)37-6)16-30(36)35(31(26)22-7-11-24(32)12-8-22)25-13-9-21(10-14-25)27(18-33)20(3)34(4)5/h7-15,17,19,31H,16H2,1-6H3/t31-/m0/s1. The molecule has 0 saturated carbocycles. The molecule has 1 heterocycles. The largest absolute Gasteiger partial charge is 0.493 e. The van der Waals surface area contributed by atoms with Crippen LogP contribution >= 0.6 is 11.6 Å². The fraction of sp³-hybridized carbons (Fsp3) is 0.290. The Morgan fingerprint density at radius 1 is 1.08 bits per heavy atom. The lowest BCUT2D eigenvalue weighted by atomic mass is 9.86. The summed E-state index contributed by atoms with van der Waals surface area (Å²) < 4.78 is 11.7. The van der Waals surface area contributed by atoms with E-state index in [4.69, 9.17) is 21.1 Å². The molecule has 0 fully saturated rings. The molecule has 6 nitrogen and oxygen atoms in total. The first-order valence-electron chi connectivity index (χ1n) is 12.5. The fourth-order valence-electron chi connectivity index (χ4n) is 4.70. The maximum Gasteiger partial charge on any atom is 0.232 e. The number of anilines is 1. The highest BCUT2D eigenvalue weighted by Gasteiger charge is 2.36. The van der Waals surface area contributed by atoms with E-state index in [2.05, 4.69) is 6.07 Å². The van der Waals surface area contributed by atoms with Gasteiger partial charge in [0, 0.05) is 30.5 Å². The van der Waals surface area contributed by atoms with Crippen LogP contribution in [0, 0.1) is 11.3 Å². The number of halogens is 1. The number of ether oxygens (including phenoxy) is 2. The summed E-state index contributed by atoms with van der Waals surface area (Å²) in [4.78, 5) is 17.4. The predicted octanol–water partition coefficient (Wildman–Crippen LogP) is 6.63. The first kappa shape index (κ1) is 27.1. The Labute approximate surface area is 229 Å². The first-order chi connectivity index (χ1) is 18.1. The first-order valence-corrected chi connectivity index (χ1v) is 12.9. The van der Waals surface area contributed by atoms with Crippen molar-refractivity contribution in [3.63, 3.8) is 0 Å². The van der Waals surface area contributed by atoms with Gasteiger partial charge in [0.05, 0.1) is 31.2 Å². The van der Waals surface area contributed by atoms with Crippen LogP contribution in [0.5, 0.6) is 11.5 Å². The molecule has 0 spiro atoms. The highest BCUT2D eigenvalue weighted by molar-refractivity contribution is 6.30. The molecule has 0 N–H and O–H groups in total. The van der Waals surface area contributed by atoms with Crippen molar-refractivity contribution < 1.29 is 14.3 Å². The zero-order valence-corrected chi connectivity index (χ0v) is 23.3. The molecular weight excluding hydrogens is 498 g/mol. The zero-order chi connectivity index (χ0) is 27.6. The number of nitrogens with zero attached hydrogens (tertiary/aromatic N) is 3. The highest BCUT2D eigenvalue weighted by atomic mass is 35.5. The van der Waals surface area contributed by atoms with E-state index >= 15 is 0 Å². The quantitative estimate of drug-likeness (QED) is 0.321. The molecule has 1 aliphatic heterocycles. The maximum absolute atomic E-state index is 13.7. The van der Waals surface area contributed by atoms with Gasteiger partial charge >= 0.3 is 0 Å². The van der Waals surface area contributed by atoms with Crippen molar-refractivity contribution in [2.45, 2.75) is 39.3 Å². The molecule has 196 valence electrons. The minimum absolute atomic E-state index is 0.0368. The van der Waals surface area contributed by atoms with E-state index in [9.17, 15) is 10.1 Å². The van der Waals surface area contributed by atoms with Crippen molar-refractivity contribution in [2.24, 2.45) is 0 Å². The molecule has 7 heteroatoms. The van der Waals surface area contributed by atoms with Gasteiger partial charge in [-0.2, -0.15) is 5.26 Å². The lowest BCUT2D eigenvalue weighted by Crippen LogP contribution is -2.41. The Kier molecular flexibility index (Phi) is 7.99. The number of rotatable bonds is 7. The van der Waals surface area contributed by atoms with Crippen molar-refractivity contribution in [1.82, 2.24) is 4.90 Å². The summed E-state index contributed by atoms with van der Waals surface area (Å²) >= 11 is 6.21. The molecule has 0 unspecified atom stereocenters. The minimum atomic E-state index is -0.399. The molecule has 0 bridgehead atoms. The minimum Gasteiger partial charge on any atom is -0.493 e. The van der Waals surface area contributed by atoms with Crippen LogP contribution in [0.1, 0.15) is 49.1 Å². The van der Waals surface area contributed by atoms with E-state index in [-0.39, 0.29) is 18.4 Å². The van der Waals surface area contributed by atoms with Gasteiger partial charge in [-0.25, -0.2) is 0 Å². The molecule has 1 amide bonds. The predicted molar refractivity (Wildman–Crippen MR) is 152 cm³/mol. The van der Waals surface area contributed by atoms with Gasteiger partial charge in [-0.1, -0.05) is 35.9 Å². The van der Waals surface area contributed by atoms with Gasteiger partial charge in [-0.15, -0.1) is 0 Å². The average Bonchev–Trinajstić information content (AvgIpc) is 2.89. The van der Waals surface area contributed by atoms with Gasteiger partial charge < -0.3 is 19.3 Å². The summed E-state index contributed by atoms with van der Waals surface area (Å²) in [5.74, 6) is 1.20. The van der Waals surface area contributed by atoms with Gasteiger partial charge in [0.1, 0.15) is 6.07 Å². The molecular formula is C31H32ClN3O3. The summed E-state index contributed by atoms with van der Waals surface area (Å²) in [5, 5.41) is 10.4. The molecule has 3 aromatic carbocycles. The Morgan fingerprint density at radius 3 is 2.29 bits per heavy atom. The SMILES string of the molecule is COc1cc2c(cc1OC(C)C)[C@H](c1ccc(Cl)cc1)N(c1ccc(C(C#N)=C(C)N(C)C)cc1)C(=O)C2. The number of fused-ring (bicyclic) bond motifs is 1. The molecule has 1 aliphatic rings. The van der Waals surface area contributed by atoms with Crippen molar-refractivity contribution in [3.05, 3.63) is 93.6 Å². The molecule has 0 aromatic heterocycles. The van der Waals surface area contributed by atoms with Crippen LogP contribution in [-0.2, 0) is 11.2 Å². The van der Waals surface area contributed by atoms with Gasteiger partial charge in [-0.05, 0) is 79.4 Å². The van der Waals surface area contributed by atoms with Crippen molar-refractivity contribution in [3.8, 4) is 17.6 Å². The van der Waals surface area contributed by atoms with E-state index in [1.54, 1.807) is 7.11 Å². The molecule has 0 aliphatic carbocycles. The second kappa shape index (κ2) is 11.2. The van der Waals surface area contributed by atoms with Crippen LogP contribution in [0.25, 0.3) is 5.57 Å². The molecule has 0 saturated heterocycles. The fourth-order valence-corrected chi connectivity index (χ4v) is 4.82. The lowest BCUT2D eigenvalue weighted by Gasteiger charge is -2.38. The Balaban J connectivity index is 1.87. The van der Waals surface area contributed by atoms with E-state index in [0.29, 0.717) is 22.1 Å². The van der Waals surface area contributed by atoms with Crippen LogP contribution in [0.4, 0.5) is 5.69 Å². The molecule has 0 radical (unpaired) electrons. The summed E-state index contributed by atoms with van der Waals surface area (Å²) in [5.41, 5.74) is 5.79. The number of methoxy groups -OCH3 is 1. The monoisotopic (exact) mass is 529 g/mol. The molecule has 38 heavy (non-hydrogen) atoms. The van der Waals surface area contributed by atoms with E-state index in [1.807, 2.05) is 105 Å². The summed E-state index contributed by atoms with van der Waals surface area (Å²) in [7, 11) is 5.42. The van der Waals surface area contributed by atoms with Crippen LogP contribution in [0.2, 0.25) is 5.02 Å². The molecule has 3 aromatic rings. The number of amides is 1. The number of allylic oxidation sites excluding steroid dienone is 2.